The maximum Gasteiger partial charge on any atom is 0.259 e. The molecule has 2 aromatic rings. The standard InChI is InChI=1S/C20H27N5O4/c1-13-17(14(2)29-23-13)19(27)25-7-5-20(6-8-25)10-16(4-9-28-20)22-18(26)15-11-21-24(3)12-15/h11-12,16H,4-10H2,1-3H3,(H,22,26)/t16-/m1/s1. The molecular formula is C20H27N5O4. The van der Waals surface area contributed by atoms with Crippen molar-refractivity contribution in [2.24, 2.45) is 7.05 Å². The fraction of sp³-hybridized carbons (Fsp3) is 0.600. The van der Waals surface area contributed by atoms with E-state index in [1.54, 1.807) is 38.0 Å². The molecule has 2 saturated heterocycles. The predicted molar refractivity (Wildman–Crippen MR) is 103 cm³/mol. The first kappa shape index (κ1) is 19.6. The molecule has 1 atom stereocenters. The van der Waals surface area contributed by atoms with Crippen molar-refractivity contribution in [3.63, 3.8) is 0 Å². The van der Waals surface area contributed by atoms with Gasteiger partial charge in [-0.3, -0.25) is 14.3 Å². The molecule has 9 heteroatoms. The number of aromatic nitrogens is 3. The largest absolute Gasteiger partial charge is 0.375 e. The normalized spacial score (nSPS) is 21.3. The van der Waals surface area contributed by atoms with Crippen molar-refractivity contribution in [1.29, 1.82) is 0 Å². The second kappa shape index (κ2) is 7.62. The number of aryl methyl sites for hydroxylation is 3. The molecule has 0 unspecified atom stereocenters. The molecule has 2 fully saturated rings. The van der Waals surface area contributed by atoms with Crippen LogP contribution >= 0.6 is 0 Å². The zero-order valence-electron chi connectivity index (χ0n) is 17.1. The lowest BCUT2D eigenvalue weighted by molar-refractivity contribution is -0.114. The summed E-state index contributed by atoms with van der Waals surface area (Å²) in [6.07, 6.45) is 6.33. The van der Waals surface area contributed by atoms with Crippen LogP contribution in [0.3, 0.4) is 0 Å². The molecule has 1 N–H and O–H groups in total. The Morgan fingerprint density at radius 2 is 2.03 bits per heavy atom. The molecule has 2 amide bonds. The molecule has 0 radical (unpaired) electrons. The van der Waals surface area contributed by atoms with Gasteiger partial charge in [-0.2, -0.15) is 5.10 Å². The number of carbonyl (C=O) groups is 2. The average Bonchev–Trinajstić information content (AvgIpc) is 3.27. The molecule has 2 aliphatic heterocycles. The minimum Gasteiger partial charge on any atom is -0.375 e. The maximum absolute atomic E-state index is 12.9. The van der Waals surface area contributed by atoms with E-state index >= 15 is 0 Å². The van der Waals surface area contributed by atoms with Gasteiger partial charge in [-0.1, -0.05) is 5.16 Å². The summed E-state index contributed by atoms with van der Waals surface area (Å²) < 4.78 is 12.9. The summed E-state index contributed by atoms with van der Waals surface area (Å²) >= 11 is 0. The topological polar surface area (TPSA) is 102 Å². The number of amides is 2. The van der Waals surface area contributed by atoms with Crippen LogP contribution in [0.1, 0.15) is 57.9 Å². The highest BCUT2D eigenvalue weighted by Crippen LogP contribution is 2.35. The van der Waals surface area contributed by atoms with Gasteiger partial charge in [0.1, 0.15) is 11.3 Å². The quantitative estimate of drug-likeness (QED) is 0.838. The number of rotatable bonds is 3. The van der Waals surface area contributed by atoms with E-state index < -0.39 is 0 Å². The van der Waals surface area contributed by atoms with E-state index in [2.05, 4.69) is 15.6 Å². The Kier molecular flexibility index (Phi) is 5.16. The van der Waals surface area contributed by atoms with E-state index in [0.717, 1.165) is 25.7 Å². The zero-order valence-corrected chi connectivity index (χ0v) is 17.1. The third-order valence-electron chi connectivity index (χ3n) is 6.00. The van der Waals surface area contributed by atoms with Crippen LogP contribution in [0, 0.1) is 13.8 Å². The summed E-state index contributed by atoms with van der Waals surface area (Å²) in [5.74, 6) is 0.416. The summed E-state index contributed by atoms with van der Waals surface area (Å²) in [4.78, 5) is 27.2. The lowest BCUT2D eigenvalue weighted by Crippen LogP contribution is -2.54. The second-order valence-electron chi connectivity index (χ2n) is 8.09. The molecule has 4 heterocycles. The summed E-state index contributed by atoms with van der Waals surface area (Å²) in [7, 11) is 1.79. The van der Waals surface area contributed by atoms with Gasteiger partial charge in [0, 0.05) is 39.0 Å². The van der Waals surface area contributed by atoms with Crippen molar-refractivity contribution in [2.45, 2.75) is 51.2 Å². The Hall–Kier alpha value is -2.68. The van der Waals surface area contributed by atoms with Gasteiger partial charge < -0.3 is 19.5 Å². The van der Waals surface area contributed by atoms with Crippen molar-refractivity contribution in [2.75, 3.05) is 19.7 Å². The smallest absolute Gasteiger partial charge is 0.259 e. The highest BCUT2D eigenvalue weighted by Gasteiger charge is 2.42. The van der Waals surface area contributed by atoms with Crippen molar-refractivity contribution in [3.8, 4) is 0 Å². The molecule has 0 aliphatic carbocycles. The average molecular weight is 401 g/mol. The SMILES string of the molecule is Cc1noc(C)c1C(=O)N1CCC2(CC1)C[C@H](NC(=O)c1cnn(C)c1)CCO2. The first-order valence-electron chi connectivity index (χ1n) is 10.0. The third-order valence-corrected chi connectivity index (χ3v) is 6.00. The van der Waals surface area contributed by atoms with Gasteiger partial charge in [0.25, 0.3) is 11.8 Å². The van der Waals surface area contributed by atoms with Gasteiger partial charge in [0.05, 0.1) is 23.1 Å². The van der Waals surface area contributed by atoms with E-state index in [4.69, 9.17) is 9.26 Å². The molecule has 156 valence electrons. The molecule has 2 aromatic heterocycles. The molecule has 29 heavy (non-hydrogen) atoms. The maximum atomic E-state index is 12.9. The van der Waals surface area contributed by atoms with E-state index in [0.29, 0.717) is 42.3 Å². The van der Waals surface area contributed by atoms with E-state index in [1.807, 2.05) is 4.90 Å². The van der Waals surface area contributed by atoms with E-state index in [1.165, 1.54) is 0 Å². The summed E-state index contributed by atoms with van der Waals surface area (Å²) in [5, 5.41) is 11.1. The number of nitrogens with zero attached hydrogens (tertiary/aromatic N) is 4. The van der Waals surface area contributed by atoms with Crippen LogP contribution in [0.2, 0.25) is 0 Å². The highest BCUT2D eigenvalue weighted by molar-refractivity contribution is 5.96. The molecule has 2 aliphatic rings. The van der Waals surface area contributed by atoms with E-state index in [-0.39, 0.29) is 23.5 Å². The minimum atomic E-state index is -0.291. The number of nitrogens with one attached hydrogen (secondary N) is 1. The molecular weight excluding hydrogens is 374 g/mol. The fourth-order valence-electron chi connectivity index (χ4n) is 4.37. The lowest BCUT2D eigenvalue weighted by Gasteiger charge is -2.46. The first-order chi connectivity index (χ1) is 13.9. The monoisotopic (exact) mass is 401 g/mol. The molecule has 0 aromatic carbocycles. The number of hydrogen-bond acceptors (Lipinski definition) is 6. The van der Waals surface area contributed by atoms with Crippen LogP contribution < -0.4 is 5.32 Å². The van der Waals surface area contributed by atoms with Crippen LogP contribution in [0.25, 0.3) is 0 Å². The van der Waals surface area contributed by atoms with Crippen LogP contribution in [0.15, 0.2) is 16.9 Å². The van der Waals surface area contributed by atoms with E-state index in [9.17, 15) is 9.59 Å². The predicted octanol–water partition coefficient (Wildman–Crippen LogP) is 1.61. The van der Waals surface area contributed by atoms with Crippen LogP contribution in [0.5, 0.6) is 0 Å². The fourth-order valence-corrected chi connectivity index (χ4v) is 4.37. The first-order valence-corrected chi connectivity index (χ1v) is 10.0. The Morgan fingerprint density at radius 1 is 1.28 bits per heavy atom. The Balaban J connectivity index is 1.36. The molecule has 4 rings (SSSR count). The minimum absolute atomic E-state index is 0.0339. The van der Waals surface area contributed by atoms with Crippen LogP contribution in [0.4, 0.5) is 0 Å². The van der Waals surface area contributed by atoms with Crippen molar-refractivity contribution < 1.29 is 18.8 Å². The number of carbonyl (C=O) groups excluding carboxylic acids is 2. The second-order valence-corrected chi connectivity index (χ2v) is 8.09. The number of piperidine rings is 1. The summed E-state index contributed by atoms with van der Waals surface area (Å²) in [5.41, 5.74) is 1.46. The third kappa shape index (κ3) is 3.91. The summed E-state index contributed by atoms with van der Waals surface area (Å²) in [6, 6.07) is 0.0567. The van der Waals surface area contributed by atoms with Gasteiger partial charge in [-0.25, -0.2) is 0 Å². The number of ether oxygens (including phenoxy) is 1. The van der Waals surface area contributed by atoms with Gasteiger partial charge in [-0.15, -0.1) is 0 Å². The van der Waals surface area contributed by atoms with Crippen molar-refractivity contribution in [3.05, 3.63) is 35.0 Å². The number of hydrogen-bond donors (Lipinski definition) is 1. The lowest BCUT2D eigenvalue weighted by atomic mass is 9.82. The highest BCUT2D eigenvalue weighted by atomic mass is 16.5. The summed E-state index contributed by atoms with van der Waals surface area (Å²) in [6.45, 7) is 5.39. The van der Waals surface area contributed by atoms with Gasteiger partial charge >= 0.3 is 0 Å². The molecule has 0 saturated carbocycles. The van der Waals surface area contributed by atoms with Crippen molar-refractivity contribution >= 4 is 11.8 Å². The Morgan fingerprint density at radius 3 is 2.66 bits per heavy atom. The molecule has 1 spiro atoms. The van der Waals surface area contributed by atoms with Crippen LogP contribution in [-0.2, 0) is 11.8 Å². The zero-order chi connectivity index (χ0) is 20.6. The Bertz CT molecular complexity index is 890. The number of likely N-dealkylation sites (tertiary alicyclic amines) is 1. The Labute approximate surface area is 169 Å². The van der Waals surface area contributed by atoms with Gasteiger partial charge in [0.15, 0.2) is 0 Å². The van der Waals surface area contributed by atoms with Gasteiger partial charge in [0.2, 0.25) is 0 Å². The molecule has 0 bridgehead atoms. The van der Waals surface area contributed by atoms with Gasteiger partial charge in [-0.05, 0) is 39.5 Å². The molecule has 9 nitrogen and oxygen atoms in total. The van der Waals surface area contributed by atoms with Crippen LogP contribution in [-0.4, -0.2) is 63.0 Å². The van der Waals surface area contributed by atoms with Crippen molar-refractivity contribution in [1.82, 2.24) is 25.2 Å².